The van der Waals surface area contributed by atoms with Gasteiger partial charge in [-0.2, -0.15) is 0 Å². The van der Waals surface area contributed by atoms with Crippen LogP contribution in [0.1, 0.15) is 44.7 Å². The Morgan fingerprint density at radius 1 is 1.00 bits per heavy atom. The van der Waals surface area contributed by atoms with Crippen LogP contribution < -0.4 is 5.14 Å². The van der Waals surface area contributed by atoms with Crippen LogP contribution in [0, 0.1) is 19.8 Å². The number of primary sulfonamides is 1. The van der Waals surface area contributed by atoms with Gasteiger partial charge in [-0.1, -0.05) is 36.4 Å². The van der Waals surface area contributed by atoms with Crippen LogP contribution in [-0.2, 0) is 10.0 Å². The molecule has 0 radical (unpaired) electrons. The Morgan fingerprint density at radius 2 is 1.61 bits per heavy atom. The van der Waals surface area contributed by atoms with Crippen LogP contribution in [0.3, 0.4) is 0 Å². The molecule has 1 fully saturated rings. The lowest BCUT2D eigenvalue weighted by atomic mass is 9.88. The largest absolute Gasteiger partial charge is 0.339 e. The monoisotopic (exact) mass is 400 g/mol. The minimum atomic E-state index is -3.90. The van der Waals surface area contributed by atoms with Crippen LogP contribution in [-0.4, -0.2) is 38.1 Å². The van der Waals surface area contributed by atoms with E-state index in [9.17, 15) is 18.0 Å². The van der Waals surface area contributed by atoms with Crippen molar-refractivity contribution in [1.29, 1.82) is 0 Å². The van der Waals surface area contributed by atoms with Gasteiger partial charge in [-0.25, -0.2) is 13.6 Å². The number of amides is 1. The molecule has 2 aromatic rings. The van der Waals surface area contributed by atoms with Gasteiger partial charge < -0.3 is 4.90 Å². The summed E-state index contributed by atoms with van der Waals surface area (Å²) in [6, 6.07) is 12.2. The Bertz CT molecular complexity index is 1010. The first-order valence-electron chi connectivity index (χ1n) is 9.21. The van der Waals surface area contributed by atoms with Crippen LogP contribution in [0.2, 0.25) is 0 Å². The Morgan fingerprint density at radius 3 is 2.18 bits per heavy atom. The fourth-order valence-corrected chi connectivity index (χ4v) is 4.51. The topological polar surface area (TPSA) is 97.5 Å². The fourth-order valence-electron chi connectivity index (χ4n) is 3.72. The van der Waals surface area contributed by atoms with Crippen molar-refractivity contribution in [2.75, 3.05) is 13.1 Å². The summed E-state index contributed by atoms with van der Waals surface area (Å²) in [5.74, 6) is -0.228. The molecule has 0 bridgehead atoms. The number of Topliss-reactive ketones (excluding diaryl/α,β-unsaturated/α-hetero) is 1. The number of likely N-dealkylation sites (tertiary alicyclic amines) is 1. The summed E-state index contributed by atoms with van der Waals surface area (Å²) >= 11 is 0. The van der Waals surface area contributed by atoms with E-state index in [0.29, 0.717) is 48.2 Å². The summed E-state index contributed by atoms with van der Waals surface area (Å²) in [6.07, 6.45) is 1.18. The number of hydrogen-bond acceptors (Lipinski definition) is 4. The number of aryl methyl sites for hydroxylation is 2. The average molecular weight is 401 g/mol. The van der Waals surface area contributed by atoms with Crippen molar-refractivity contribution in [3.63, 3.8) is 0 Å². The fraction of sp³-hybridized carbons (Fsp3) is 0.333. The normalized spacial score (nSPS) is 15.5. The molecule has 1 heterocycles. The molecule has 2 N–H and O–H groups in total. The van der Waals surface area contributed by atoms with Gasteiger partial charge in [-0.05, 0) is 43.9 Å². The number of carbonyl (C=O) groups is 2. The molecule has 1 saturated heterocycles. The zero-order chi connectivity index (χ0) is 20.5. The smallest absolute Gasteiger partial charge is 0.254 e. The van der Waals surface area contributed by atoms with Crippen LogP contribution in [0.15, 0.2) is 47.4 Å². The molecule has 0 saturated carbocycles. The van der Waals surface area contributed by atoms with Crippen molar-refractivity contribution >= 4 is 21.7 Å². The predicted molar refractivity (Wildman–Crippen MR) is 107 cm³/mol. The zero-order valence-corrected chi connectivity index (χ0v) is 16.8. The maximum atomic E-state index is 13.0. The van der Waals surface area contributed by atoms with Gasteiger partial charge in [-0.3, -0.25) is 9.59 Å². The lowest BCUT2D eigenvalue weighted by Crippen LogP contribution is -2.40. The van der Waals surface area contributed by atoms with Crippen LogP contribution in [0.25, 0.3) is 0 Å². The number of sulfonamides is 1. The highest BCUT2D eigenvalue weighted by Crippen LogP contribution is 2.25. The van der Waals surface area contributed by atoms with Crippen molar-refractivity contribution in [2.45, 2.75) is 31.6 Å². The van der Waals surface area contributed by atoms with Crippen molar-refractivity contribution in [3.8, 4) is 0 Å². The summed E-state index contributed by atoms with van der Waals surface area (Å²) < 4.78 is 23.6. The number of ketones is 1. The van der Waals surface area contributed by atoms with Gasteiger partial charge in [0.15, 0.2) is 5.78 Å². The lowest BCUT2D eigenvalue weighted by Gasteiger charge is -2.32. The van der Waals surface area contributed by atoms with Crippen LogP contribution in [0.5, 0.6) is 0 Å². The van der Waals surface area contributed by atoms with E-state index in [2.05, 4.69) is 0 Å². The highest BCUT2D eigenvalue weighted by molar-refractivity contribution is 7.89. The first-order chi connectivity index (χ1) is 13.2. The van der Waals surface area contributed by atoms with Crippen molar-refractivity contribution in [2.24, 2.45) is 11.1 Å². The summed E-state index contributed by atoms with van der Waals surface area (Å²) in [5, 5.41) is 5.27. The minimum absolute atomic E-state index is 0.0319. The first-order valence-corrected chi connectivity index (χ1v) is 10.8. The molecule has 1 aliphatic rings. The molecular formula is C21H24N2O4S. The van der Waals surface area contributed by atoms with E-state index in [1.807, 2.05) is 30.3 Å². The molecule has 6 nitrogen and oxygen atoms in total. The molecule has 2 aromatic carbocycles. The third-order valence-electron chi connectivity index (χ3n) is 5.27. The van der Waals surface area contributed by atoms with E-state index in [4.69, 9.17) is 5.14 Å². The SMILES string of the molecule is Cc1cc(C)c(S(N)(=O)=O)cc1C(=O)N1CCC(C(=O)c2ccccc2)CC1. The number of rotatable bonds is 4. The van der Waals surface area contributed by atoms with Crippen molar-refractivity contribution in [3.05, 3.63) is 64.7 Å². The quantitative estimate of drug-likeness (QED) is 0.798. The highest BCUT2D eigenvalue weighted by atomic mass is 32.2. The molecule has 7 heteroatoms. The van der Waals surface area contributed by atoms with Gasteiger partial charge in [-0.15, -0.1) is 0 Å². The summed E-state index contributed by atoms with van der Waals surface area (Å²) in [6.45, 7) is 4.35. The van der Waals surface area contributed by atoms with Gasteiger partial charge in [0.2, 0.25) is 10.0 Å². The Labute approximate surface area is 165 Å². The van der Waals surface area contributed by atoms with E-state index in [1.54, 1.807) is 24.8 Å². The first kappa shape index (κ1) is 20.2. The Kier molecular flexibility index (Phi) is 5.67. The summed E-state index contributed by atoms with van der Waals surface area (Å²) in [4.78, 5) is 27.2. The van der Waals surface area contributed by atoms with E-state index in [0.717, 1.165) is 0 Å². The van der Waals surface area contributed by atoms with Crippen molar-refractivity contribution in [1.82, 2.24) is 4.90 Å². The second kappa shape index (κ2) is 7.85. The van der Waals surface area contributed by atoms with Crippen molar-refractivity contribution < 1.29 is 18.0 Å². The molecule has 28 heavy (non-hydrogen) atoms. The van der Waals surface area contributed by atoms with Gasteiger partial charge >= 0.3 is 0 Å². The molecule has 0 unspecified atom stereocenters. The van der Waals surface area contributed by atoms with Gasteiger partial charge in [0.25, 0.3) is 5.91 Å². The molecule has 1 amide bonds. The maximum Gasteiger partial charge on any atom is 0.254 e. The Balaban J connectivity index is 1.75. The lowest BCUT2D eigenvalue weighted by molar-refractivity contribution is 0.0649. The average Bonchev–Trinajstić information content (AvgIpc) is 2.67. The number of nitrogens with two attached hydrogens (primary N) is 1. The second-order valence-corrected chi connectivity index (χ2v) is 8.80. The van der Waals surface area contributed by atoms with Gasteiger partial charge in [0.05, 0.1) is 4.90 Å². The van der Waals surface area contributed by atoms with E-state index in [1.165, 1.54) is 6.07 Å². The Hall–Kier alpha value is -2.51. The molecule has 0 spiro atoms. The number of benzene rings is 2. The minimum Gasteiger partial charge on any atom is -0.339 e. The number of nitrogens with zero attached hydrogens (tertiary/aromatic N) is 1. The highest BCUT2D eigenvalue weighted by Gasteiger charge is 2.29. The summed E-state index contributed by atoms with van der Waals surface area (Å²) in [5.41, 5.74) is 2.25. The zero-order valence-electron chi connectivity index (χ0n) is 16.0. The number of piperidine rings is 1. The van der Waals surface area contributed by atoms with Crippen LogP contribution in [0.4, 0.5) is 0 Å². The van der Waals surface area contributed by atoms with Gasteiger partial charge in [0.1, 0.15) is 0 Å². The second-order valence-electron chi connectivity index (χ2n) is 7.27. The van der Waals surface area contributed by atoms with E-state index in [-0.39, 0.29) is 22.5 Å². The third kappa shape index (κ3) is 4.15. The van der Waals surface area contributed by atoms with Crippen LogP contribution >= 0.6 is 0 Å². The van der Waals surface area contributed by atoms with E-state index >= 15 is 0 Å². The molecule has 0 atom stereocenters. The standard InChI is InChI=1S/C21H24N2O4S/c1-14-12-15(2)19(28(22,26)27)13-18(14)21(25)23-10-8-17(9-11-23)20(24)16-6-4-3-5-7-16/h3-7,12-13,17H,8-11H2,1-2H3,(H2,22,26,27). The number of carbonyl (C=O) groups excluding carboxylic acids is 2. The number of hydrogen-bond donors (Lipinski definition) is 1. The molecule has 0 aromatic heterocycles. The van der Waals surface area contributed by atoms with Gasteiger partial charge in [0, 0.05) is 30.1 Å². The maximum absolute atomic E-state index is 13.0. The molecule has 3 rings (SSSR count). The molecule has 1 aliphatic heterocycles. The molecule has 148 valence electrons. The molecular weight excluding hydrogens is 376 g/mol. The molecule has 0 aliphatic carbocycles. The van der Waals surface area contributed by atoms with E-state index < -0.39 is 10.0 Å². The third-order valence-corrected chi connectivity index (χ3v) is 6.32. The summed E-state index contributed by atoms with van der Waals surface area (Å²) in [7, 11) is -3.90. The predicted octanol–water partition coefficient (Wildman–Crippen LogP) is 2.69.